The number of hydrogen-bond donors (Lipinski definition) is 0. The first-order chi connectivity index (χ1) is 6.83. The van der Waals surface area contributed by atoms with Crippen LogP contribution in [0.15, 0.2) is 23.3 Å². The largest absolute Gasteiger partial charge is 0.464 e. The van der Waals surface area contributed by atoms with Gasteiger partial charge in [0.25, 0.3) is 0 Å². The van der Waals surface area contributed by atoms with E-state index in [4.69, 9.17) is 4.42 Å². The summed E-state index contributed by atoms with van der Waals surface area (Å²) in [6.45, 7) is 9.41. The van der Waals surface area contributed by atoms with Gasteiger partial charge in [-0.05, 0) is 13.0 Å². The van der Waals surface area contributed by atoms with Gasteiger partial charge in [0.05, 0.1) is 5.56 Å². The van der Waals surface area contributed by atoms with Crippen LogP contribution in [-0.2, 0) is 0 Å². The first kappa shape index (κ1) is 12.4. The fourth-order valence-electron chi connectivity index (χ4n) is 1.03. The Balaban J connectivity index is 0.000000791. The Morgan fingerprint density at radius 1 is 1.43 bits per heavy atom. The number of allylic oxidation sites excluding steroid dienone is 1. The van der Waals surface area contributed by atoms with Crippen molar-refractivity contribution in [3.8, 4) is 0 Å². The second-order valence-corrected chi connectivity index (χ2v) is 2.28. The van der Waals surface area contributed by atoms with Gasteiger partial charge in [-0.15, -0.1) is 0 Å². The summed E-state index contributed by atoms with van der Waals surface area (Å²) in [5.41, 5.74) is 1.25. The highest BCUT2D eigenvalue weighted by atomic mass is 16.3. The fraction of sp³-hybridized carbons (Fsp3) is 0.250. The van der Waals surface area contributed by atoms with Gasteiger partial charge in [0.15, 0.2) is 6.29 Å². The van der Waals surface area contributed by atoms with E-state index < -0.39 is 0 Å². The van der Waals surface area contributed by atoms with Gasteiger partial charge in [0.2, 0.25) is 0 Å². The van der Waals surface area contributed by atoms with Crippen molar-refractivity contribution in [1.29, 1.82) is 0 Å². The fourth-order valence-corrected chi connectivity index (χ4v) is 1.03. The van der Waals surface area contributed by atoms with Crippen molar-refractivity contribution in [2.24, 2.45) is 0 Å². The molecule has 0 aliphatic heterocycles. The van der Waals surface area contributed by atoms with E-state index in [0.717, 1.165) is 11.5 Å². The molecule has 0 unspecified atom stereocenters. The number of carbonyl (C=O) groups is 1. The third kappa shape index (κ3) is 2.73. The van der Waals surface area contributed by atoms with E-state index in [9.17, 15) is 4.79 Å². The maximum atomic E-state index is 10.5. The molecule has 0 atom stereocenters. The first-order valence-corrected chi connectivity index (χ1v) is 4.65. The van der Waals surface area contributed by atoms with Crippen LogP contribution < -0.4 is 10.6 Å². The zero-order valence-corrected chi connectivity index (χ0v) is 8.91. The van der Waals surface area contributed by atoms with Crippen molar-refractivity contribution in [2.45, 2.75) is 20.8 Å². The van der Waals surface area contributed by atoms with E-state index in [1.807, 2.05) is 26.8 Å². The maximum absolute atomic E-state index is 10.5. The second-order valence-electron chi connectivity index (χ2n) is 2.28. The molecule has 0 N–H and O–H groups in total. The average molecular weight is 192 g/mol. The molecule has 0 aliphatic rings. The number of furan rings is 1. The summed E-state index contributed by atoms with van der Waals surface area (Å²) in [6.07, 6.45) is 7.41. The van der Waals surface area contributed by atoms with Crippen molar-refractivity contribution >= 4 is 18.4 Å². The molecular weight excluding hydrogens is 176 g/mol. The Hall–Kier alpha value is -1.57. The summed E-state index contributed by atoms with van der Waals surface area (Å²) in [5, 5.41) is 0.824. The Morgan fingerprint density at radius 3 is 2.50 bits per heavy atom. The molecule has 76 valence electrons. The molecular formula is C12H16O2. The summed E-state index contributed by atoms with van der Waals surface area (Å²) in [7, 11) is 0. The predicted molar refractivity (Wildman–Crippen MR) is 59.5 cm³/mol. The van der Waals surface area contributed by atoms with E-state index in [2.05, 4.69) is 6.58 Å². The molecule has 0 bridgehead atoms. The zero-order valence-electron chi connectivity index (χ0n) is 8.91. The van der Waals surface area contributed by atoms with Gasteiger partial charge >= 0.3 is 0 Å². The van der Waals surface area contributed by atoms with Crippen LogP contribution in [-0.4, -0.2) is 6.29 Å². The van der Waals surface area contributed by atoms with E-state index in [1.54, 1.807) is 12.2 Å². The zero-order chi connectivity index (χ0) is 11.0. The van der Waals surface area contributed by atoms with Crippen LogP contribution in [0.1, 0.15) is 31.1 Å². The summed E-state index contributed by atoms with van der Waals surface area (Å²) >= 11 is 0. The molecule has 0 aliphatic carbocycles. The van der Waals surface area contributed by atoms with Crippen LogP contribution in [0.3, 0.4) is 0 Å². The number of carbonyl (C=O) groups excluding carboxylic acids is 1. The minimum atomic E-state index is 0.575. The highest BCUT2D eigenvalue weighted by molar-refractivity contribution is 5.75. The van der Waals surface area contributed by atoms with Crippen LogP contribution in [0.25, 0.3) is 12.2 Å². The summed E-state index contributed by atoms with van der Waals surface area (Å²) in [4.78, 5) is 10.5. The van der Waals surface area contributed by atoms with Gasteiger partial charge in [-0.2, -0.15) is 0 Å². The Morgan fingerprint density at radius 2 is 2.07 bits per heavy atom. The van der Waals surface area contributed by atoms with Gasteiger partial charge < -0.3 is 4.42 Å². The standard InChI is InChI=1S/C10H10O2.C2H6/c1-3-5-10-9(4-2)8(6-11)7-12-10;1-2/h3-7H,1H2,2H3;1-2H3/b9-4-,10-5+;. The molecule has 1 heterocycles. The molecule has 1 aromatic heterocycles. The molecule has 0 saturated heterocycles. The van der Waals surface area contributed by atoms with E-state index in [-0.39, 0.29) is 0 Å². The third-order valence-corrected chi connectivity index (χ3v) is 1.57. The number of hydrogen-bond acceptors (Lipinski definition) is 2. The maximum Gasteiger partial charge on any atom is 0.153 e. The molecule has 0 aromatic carbocycles. The van der Waals surface area contributed by atoms with Gasteiger partial charge in [-0.3, -0.25) is 4.79 Å². The average Bonchev–Trinajstić information content (AvgIpc) is 2.63. The summed E-state index contributed by atoms with van der Waals surface area (Å²) in [6, 6.07) is 0. The lowest BCUT2D eigenvalue weighted by atomic mass is 10.2. The highest BCUT2D eigenvalue weighted by Gasteiger charge is 1.96. The van der Waals surface area contributed by atoms with Crippen LogP contribution in [0.4, 0.5) is 0 Å². The van der Waals surface area contributed by atoms with Crippen molar-refractivity contribution in [1.82, 2.24) is 0 Å². The summed E-state index contributed by atoms with van der Waals surface area (Å²) < 4.78 is 5.13. The molecule has 2 nitrogen and oxygen atoms in total. The normalized spacial score (nSPS) is 11.9. The Labute approximate surface area is 84.2 Å². The Kier molecular flexibility index (Phi) is 6.12. The molecule has 0 spiro atoms. The lowest BCUT2D eigenvalue weighted by Crippen LogP contribution is -2.21. The van der Waals surface area contributed by atoms with Crippen LogP contribution >= 0.6 is 0 Å². The van der Waals surface area contributed by atoms with Gasteiger partial charge in [0, 0.05) is 5.22 Å². The number of rotatable bonds is 2. The van der Waals surface area contributed by atoms with Crippen LogP contribution in [0.5, 0.6) is 0 Å². The monoisotopic (exact) mass is 192 g/mol. The van der Waals surface area contributed by atoms with Crippen molar-refractivity contribution in [2.75, 3.05) is 0 Å². The van der Waals surface area contributed by atoms with E-state index >= 15 is 0 Å². The van der Waals surface area contributed by atoms with Crippen LogP contribution in [0, 0.1) is 0 Å². The minimum Gasteiger partial charge on any atom is -0.464 e. The van der Waals surface area contributed by atoms with Gasteiger partial charge in [-0.25, -0.2) is 0 Å². The molecule has 0 radical (unpaired) electrons. The molecule has 0 fully saturated rings. The first-order valence-electron chi connectivity index (χ1n) is 4.65. The van der Waals surface area contributed by atoms with Crippen LogP contribution in [0.2, 0.25) is 0 Å². The molecule has 1 rings (SSSR count). The SMILES string of the molecule is C=C/C=c1/occ(C=O)/c1=C/C.CC. The van der Waals surface area contributed by atoms with Crippen molar-refractivity contribution in [3.05, 3.63) is 35.1 Å². The molecule has 0 saturated carbocycles. The van der Waals surface area contributed by atoms with E-state index in [1.165, 1.54) is 6.26 Å². The number of aldehydes is 1. The molecule has 14 heavy (non-hydrogen) atoms. The quantitative estimate of drug-likeness (QED) is 0.670. The smallest absolute Gasteiger partial charge is 0.153 e. The third-order valence-electron chi connectivity index (χ3n) is 1.57. The minimum absolute atomic E-state index is 0.575. The second kappa shape index (κ2) is 6.89. The lowest BCUT2D eigenvalue weighted by Gasteiger charge is -1.76. The van der Waals surface area contributed by atoms with Crippen molar-refractivity contribution in [3.63, 3.8) is 0 Å². The van der Waals surface area contributed by atoms with E-state index in [0.29, 0.717) is 11.0 Å². The predicted octanol–water partition coefficient (Wildman–Crippen LogP) is 1.89. The van der Waals surface area contributed by atoms with Gasteiger partial charge in [-0.1, -0.05) is 32.6 Å². The Bertz CT molecular complexity index is 396. The van der Waals surface area contributed by atoms with Crippen molar-refractivity contribution < 1.29 is 9.21 Å². The molecule has 0 amide bonds. The van der Waals surface area contributed by atoms with Gasteiger partial charge in [0.1, 0.15) is 11.7 Å². The topological polar surface area (TPSA) is 30.2 Å². The highest BCUT2D eigenvalue weighted by Crippen LogP contribution is 1.82. The summed E-state index contributed by atoms with van der Waals surface area (Å²) in [5.74, 6) is 0. The lowest BCUT2D eigenvalue weighted by molar-refractivity contribution is 0.112. The molecule has 2 heteroatoms. The molecule has 1 aromatic rings.